The molecule has 1 aromatic rings. The van der Waals surface area contributed by atoms with Gasteiger partial charge in [0, 0.05) is 13.1 Å². The van der Waals surface area contributed by atoms with Gasteiger partial charge >= 0.3 is 6.18 Å². The summed E-state index contributed by atoms with van der Waals surface area (Å²) in [5, 5.41) is 2.90. The Balaban J connectivity index is 2.40. The minimum absolute atomic E-state index is 0.158. The largest absolute Gasteiger partial charge is 0.416 e. The fourth-order valence-electron chi connectivity index (χ4n) is 1.56. The van der Waals surface area contributed by atoms with Gasteiger partial charge in [-0.2, -0.15) is 13.2 Å². The summed E-state index contributed by atoms with van der Waals surface area (Å²) in [6.07, 6.45) is -2.05. The molecule has 0 atom stereocenters. The van der Waals surface area contributed by atoms with Gasteiger partial charge in [-0.1, -0.05) is 6.08 Å². The molecule has 0 saturated carbocycles. The standard InChI is InChI=1S/C14H17F4NO/c1-2-3-5-20-6-4-19-10-11-7-12(14(16,17)18)9-13(15)8-11/h2,7-9,19H,1,3-6,10H2. The number of benzene rings is 1. The van der Waals surface area contributed by atoms with Crippen LogP contribution in [0.4, 0.5) is 17.6 Å². The highest BCUT2D eigenvalue weighted by Crippen LogP contribution is 2.30. The van der Waals surface area contributed by atoms with E-state index in [1.54, 1.807) is 6.08 Å². The van der Waals surface area contributed by atoms with E-state index in [0.717, 1.165) is 18.6 Å². The van der Waals surface area contributed by atoms with Crippen molar-refractivity contribution in [3.63, 3.8) is 0 Å². The molecule has 0 unspecified atom stereocenters. The van der Waals surface area contributed by atoms with Crippen LogP contribution in [0.5, 0.6) is 0 Å². The van der Waals surface area contributed by atoms with Crippen LogP contribution in [0.1, 0.15) is 17.5 Å². The van der Waals surface area contributed by atoms with Crippen molar-refractivity contribution in [2.24, 2.45) is 0 Å². The summed E-state index contributed by atoms with van der Waals surface area (Å²) >= 11 is 0. The molecular formula is C14H17F4NO. The van der Waals surface area contributed by atoms with Crippen molar-refractivity contribution in [2.75, 3.05) is 19.8 Å². The Labute approximate surface area is 115 Å². The van der Waals surface area contributed by atoms with Crippen LogP contribution in [0.15, 0.2) is 30.9 Å². The zero-order valence-corrected chi connectivity index (χ0v) is 11.0. The van der Waals surface area contributed by atoms with Crippen LogP contribution >= 0.6 is 0 Å². The summed E-state index contributed by atoms with van der Waals surface area (Å²) in [5.41, 5.74) is -0.722. The highest BCUT2D eigenvalue weighted by atomic mass is 19.4. The summed E-state index contributed by atoms with van der Waals surface area (Å²) < 4.78 is 55.8. The molecule has 1 rings (SSSR count). The lowest BCUT2D eigenvalue weighted by atomic mass is 10.1. The maximum Gasteiger partial charge on any atom is 0.416 e. The summed E-state index contributed by atoms with van der Waals surface area (Å²) in [4.78, 5) is 0. The molecule has 0 radical (unpaired) electrons. The predicted octanol–water partition coefficient (Wildman–Crippen LogP) is 3.53. The van der Waals surface area contributed by atoms with Crippen LogP contribution < -0.4 is 5.32 Å². The van der Waals surface area contributed by atoms with Gasteiger partial charge < -0.3 is 10.1 Å². The average Bonchev–Trinajstić information content (AvgIpc) is 2.36. The first-order valence-corrected chi connectivity index (χ1v) is 6.19. The molecule has 2 nitrogen and oxygen atoms in total. The third-order valence-electron chi connectivity index (χ3n) is 2.50. The van der Waals surface area contributed by atoms with Gasteiger partial charge in [0.15, 0.2) is 0 Å². The van der Waals surface area contributed by atoms with Gasteiger partial charge in [-0.25, -0.2) is 4.39 Å². The molecule has 0 aromatic heterocycles. The quantitative estimate of drug-likeness (QED) is 0.449. The number of halogens is 4. The lowest BCUT2D eigenvalue weighted by Crippen LogP contribution is -2.20. The van der Waals surface area contributed by atoms with E-state index >= 15 is 0 Å². The molecular weight excluding hydrogens is 274 g/mol. The first-order chi connectivity index (χ1) is 9.43. The molecule has 20 heavy (non-hydrogen) atoms. The summed E-state index contributed by atoms with van der Waals surface area (Å²) in [5.74, 6) is -0.890. The minimum Gasteiger partial charge on any atom is -0.380 e. The van der Waals surface area contributed by atoms with Crippen molar-refractivity contribution < 1.29 is 22.3 Å². The fraction of sp³-hybridized carbons (Fsp3) is 0.429. The third kappa shape index (κ3) is 6.16. The predicted molar refractivity (Wildman–Crippen MR) is 68.7 cm³/mol. The highest BCUT2D eigenvalue weighted by molar-refractivity contribution is 5.26. The molecule has 0 aliphatic rings. The van der Waals surface area contributed by atoms with E-state index in [0.29, 0.717) is 25.8 Å². The van der Waals surface area contributed by atoms with E-state index in [1.807, 2.05) is 0 Å². The smallest absolute Gasteiger partial charge is 0.380 e. The van der Waals surface area contributed by atoms with Crippen molar-refractivity contribution in [1.29, 1.82) is 0 Å². The molecule has 0 aliphatic heterocycles. The monoisotopic (exact) mass is 291 g/mol. The van der Waals surface area contributed by atoms with Gasteiger partial charge in [0.25, 0.3) is 0 Å². The number of alkyl halides is 3. The Morgan fingerprint density at radius 2 is 1.95 bits per heavy atom. The Kier molecular flexibility index (Phi) is 6.67. The summed E-state index contributed by atoms with van der Waals surface area (Å²) in [6, 6.07) is 2.51. The second kappa shape index (κ2) is 8.01. The molecule has 0 spiro atoms. The third-order valence-corrected chi connectivity index (χ3v) is 2.50. The van der Waals surface area contributed by atoms with E-state index in [9.17, 15) is 17.6 Å². The molecule has 1 aromatic carbocycles. The lowest BCUT2D eigenvalue weighted by molar-refractivity contribution is -0.137. The Bertz CT molecular complexity index is 432. The first-order valence-electron chi connectivity index (χ1n) is 6.19. The van der Waals surface area contributed by atoms with Crippen LogP contribution in [0, 0.1) is 5.82 Å². The molecule has 0 fully saturated rings. The fourth-order valence-corrected chi connectivity index (χ4v) is 1.56. The summed E-state index contributed by atoms with van der Waals surface area (Å²) in [7, 11) is 0. The van der Waals surface area contributed by atoms with E-state index in [1.165, 1.54) is 0 Å². The Hall–Kier alpha value is -1.40. The molecule has 0 amide bonds. The van der Waals surface area contributed by atoms with Crippen molar-refractivity contribution in [3.05, 3.63) is 47.8 Å². The second-order valence-corrected chi connectivity index (χ2v) is 4.21. The van der Waals surface area contributed by atoms with Gasteiger partial charge in [-0.3, -0.25) is 0 Å². The molecule has 6 heteroatoms. The molecule has 0 heterocycles. The van der Waals surface area contributed by atoms with Gasteiger partial charge in [-0.15, -0.1) is 6.58 Å². The van der Waals surface area contributed by atoms with Gasteiger partial charge in [0.2, 0.25) is 0 Å². The number of rotatable bonds is 8. The maximum atomic E-state index is 13.1. The number of ether oxygens (including phenoxy) is 1. The maximum absolute atomic E-state index is 13.1. The van der Waals surface area contributed by atoms with Gasteiger partial charge in [-0.05, 0) is 30.2 Å². The Morgan fingerprint density at radius 3 is 2.60 bits per heavy atom. The number of hydrogen-bond donors (Lipinski definition) is 1. The van der Waals surface area contributed by atoms with E-state index < -0.39 is 17.6 Å². The number of hydrogen-bond acceptors (Lipinski definition) is 2. The van der Waals surface area contributed by atoms with E-state index in [2.05, 4.69) is 11.9 Å². The zero-order valence-electron chi connectivity index (χ0n) is 11.0. The molecule has 0 aliphatic carbocycles. The topological polar surface area (TPSA) is 21.3 Å². The van der Waals surface area contributed by atoms with Crippen molar-refractivity contribution >= 4 is 0 Å². The van der Waals surface area contributed by atoms with Crippen molar-refractivity contribution in [1.82, 2.24) is 5.32 Å². The Morgan fingerprint density at radius 1 is 1.20 bits per heavy atom. The van der Waals surface area contributed by atoms with E-state index in [-0.39, 0.29) is 12.1 Å². The average molecular weight is 291 g/mol. The minimum atomic E-state index is -4.54. The molecule has 0 saturated heterocycles. The molecule has 1 N–H and O–H groups in total. The van der Waals surface area contributed by atoms with Crippen LogP contribution in [-0.2, 0) is 17.5 Å². The SMILES string of the molecule is C=CCCOCCNCc1cc(F)cc(C(F)(F)F)c1. The zero-order chi connectivity index (χ0) is 15.0. The van der Waals surface area contributed by atoms with Crippen LogP contribution in [0.2, 0.25) is 0 Å². The van der Waals surface area contributed by atoms with Crippen molar-refractivity contribution in [2.45, 2.75) is 19.1 Å². The van der Waals surface area contributed by atoms with Crippen LogP contribution in [0.3, 0.4) is 0 Å². The van der Waals surface area contributed by atoms with E-state index in [4.69, 9.17) is 4.74 Å². The normalized spacial score (nSPS) is 11.6. The first kappa shape index (κ1) is 16.7. The number of nitrogens with one attached hydrogen (secondary N) is 1. The van der Waals surface area contributed by atoms with Crippen LogP contribution in [0.25, 0.3) is 0 Å². The summed E-state index contributed by atoms with van der Waals surface area (Å²) in [6.45, 7) is 5.19. The van der Waals surface area contributed by atoms with Crippen LogP contribution in [-0.4, -0.2) is 19.8 Å². The van der Waals surface area contributed by atoms with Gasteiger partial charge in [0.05, 0.1) is 18.8 Å². The highest BCUT2D eigenvalue weighted by Gasteiger charge is 2.31. The second-order valence-electron chi connectivity index (χ2n) is 4.21. The van der Waals surface area contributed by atoms with Gasteiger partial charge in [0.1, 0.15) is 5.82 Å². The van der Waals surface area contributed by atoms with Crippen molar-refractivity contribution in [3.8, 4) is 0 Å². The molecule has 0 bridgehead atoms. The molecule has 112 valence electrons. The lowest BCUT2D eigenvalue weighted by Gasteiger charge is -2.10.